The van der Waals surface area contributed by atoms with Crippen LogP contribution in [0.2, 0.25) is 0 Å². The van der Waals surface area contributed by atoms with Gasteiger partial charge in [-0.05, 0) is 18.2 Å². The van der Waals surface area contributed by atoms with Gasteiger partial charge in [0.05, 0.1) is 5.56 Å². The van der Waals surface area contributed by atoms with Crippen LogP contribution in [0.15, 0.2) is 48.0 Å². The van der Waals surface area contributed by atoms with E-state index in [2.05, 4.69) is 10.3 Å². The monoisotopic (exact) mass is 397 g/mol. The Hall–Kier alpha value is -3.01. The predicted molar refractivity (Wildman–Crippen MR) is 89.1 cm³/mol. The van der Waals surface area contributed by atoms with Crippen molar-refractivity contribution in [3.8, 4) is 10.6 Å². The van der Waals surface area contributed by atoms with E-state index in [1.165, 1.54) is 11.6 Å². The molecule has 0 saturated carbocycles. The number of thiazole rings is 1. The third-order valence-electron chi connectivity index (χ3n) is 3.59. The second-order valence-corrected chi connectivity index (χ2v) is 6.29. The van der Waals surface area contributed by atoms with Crippen LogP contribution in [-0.2, 0) is 12.7 Å². The molecule has 2 heterocycles. The highest BCUT2D eigenvalue weighted by atomic mass is 32.1. The van der Waals surface area contributed by atoms with Gasteiger partial charge in [-0.2, -0.15) is 17.9 Å². The first-order chi connectivity index (χ1) is 12.8. The fourth-order valence-electron chi connectivity index (χ4n) is 2.25. The molecule has 0 aliphatic rings. The highest BCUT2D eigenvalue weighted by Crippen LogP contribution is 2.34. The van der Waals surface area contributed by atoms with Crippen molar-refractivity contribution >= 4 is 17.2 Å². The first kappa shape index (κ1) is 18.8. The Kier molecular flexibility index (Phi) is 5.08. The van der Waals surface area contributed by atoms with Gasteiger partial charge < -0.3 is 10.5 Å². The van der Waals surface area contributed by atoms with Crippen molar-refractivity contribution < 1.29 is 27.1 Å². The van der Waals surface area contributed by atoms with Gasteiger partial charge in [-0.3, -0.25) is 4.79 Å². The lowest BCUT2D eigenvalue weighted by atomic mass is 10.1. The molecule has 1 aromatic carbocycles. The van der Waals surface area contributed by atoms with Crippen LogP contribution in [0.4, 0.5) is 17.6 Å². The Morgan fingerprint density at radius 1 is 1.26 bits per heavy atom. The van der Waals surface area contributed by atoms with Gasteiger partial charge in [0.25, 0.3) is 5.91 Å². The number of carbonyl (C=O) groups excluding carboxylic acids is 1. The molecule has 5 nitrogen and oxygen atoms in total. The standard InChI is InChI=1S/C17H11F4N3O2S/c18-13-7-10(4-5-12(13)17(19,20)21)16-23-14(9-27-16)15(25)22-8-11-3-1-2-6-24(11)26/h1-7,9H,8H2,(H,22,25). The van der Waals surface area contributed by atoms with Crippen LogP contribution in [0.25, 0.3) is 10.6 Å². The Morgan fingerprint density at radius 3 is 2.70 bits per heavy atom. The number of halogens is 4. The van der Waals surface area contributed by atoms with Crippen molar-refractivity contribution in [3.63, 3.8) is 0 Å². The Balaban J connectivity index is 1.74. The predicted octanol–water partition coefficient (Wildman–Crippen LogP) is 3.53. The van der Waals surface area contributed by atoms with Gasteiger partial charge in [0.2, 0.25) is 5.69 Å². The van der Waals surface area contributed by atoms with Gasteiger partial charge in [-0.15, -0.1) is 11.3 Å². The minimum Gasteiger partial charge on any atom is -0.618 e. The van der Waals surface area contributed by atoms with Crippen LogP contribution in [0, 0.1) is 11.0 Å². The average Bonchev–Trinajstić information content (AvgIpc) is 3.10. The zero-order valence-electron chi connectivity index (χ0n) is 13.5. The second kappa shape index (κ2) is 7.31. The molecule has 0 spiro atoms. The molecule has 3 rings (SSSR count). The summed E-state index contributed by atoms with van der Waals surface area (Å²) in [5.41, 5.74) is -0.894. The first-order valence-electron chi connectivity index (χ1n) is 7.53. The van der Waals surface area contributed by atoms with E-state index in [9.17, 15) is 27.6 Å². The van der Waals surface area contributed by atoms with Crippen LogP contribution in [-0.4, -0.2) is 10.9 Å². The lowest BCUT2D eigenvalue weighted by Gasteiger charge is -2.08. The number of hydrogen-bond donors (Lipinski definition) is 1. The number of pyridine rings is 1. The number of hydrogen-bond acceptors (Lipinski definition) is 4. The number of aromatic nitrogens is 2. The number of carbonyl (C=O) groups is 1. The van der Waals surface area contributed by atoms with E-state index < -0.39 is 23.5 Å². The molecule has 1 amide bonds. The normalized spacial score (nSPS) is 11.4. The molecule has 10 heteroatoms. The molecule has 0 aliphatic heterocycles. The lowest BCUT2D eigenvalue weighted by Crippen LogP contribution is -2.35. The van der Waals surface area contributed by atoms with E-state index in [0.29, 0.717) is 16.5 Å². The molecule has 1 N–H and O–H groups in total. The lowest BCUT2D eigenvalue weighted by molar-refractivity contribution is -0.614. The van der Waals surface area contributed by atoms with Crippen LogP contribution in [0.5, 0.6) is 0 Å². The van der Waals surface area contributed by atoms with Crippen molar-refractivity contribution in [1.29, 1.82) is 0 Å². The van der Waals surface area contributed by atoms with Crippen molar-refractivity contribution in [2.24, 2.45) is 0 Å². The number of rotatable bonds is 4. The number of amides is 1. The maximum atomic E-state index is 13.7. The van der Waals surface area contributed by atoms with Gasteiger partial charge in [-0.25, -0.2) is 9.37 Å². The summed E-state index contributed by atoms with van der Waals surface area (Å²) in [6.45, 7) is -0.0229. The van der Waals surface area contributed by atoms with Crippen LogP contribution < -0.4 is 10.0 Å². The van der Waals surface area contributed by atoms with Crippen LogP contribution in [0.3, 0.4) is 0 Å². The Labute approximate surface area is 154 Å². The molecule has 0 saturated heterocycles. The largest absolute Gasteiger partial charge is 0.618 e. The van der Waals surface area contributed by atoms with E-state index in [1.54, 1.807) is 18.2 Å². The van der Waals surface area contributed by atoms with Gasteiger partial charge in [0, 0.05) is 23.1 Å². The quantitative estimate of drug-likeness (QED) is 0.416. The van der Waals surface area contributed by atoms with Gasteiger partial charge in [-0.1, -0.05) is 6.07 Å². The summed E-state index contributed by atoms with van der Waals surface area (Å²) in [4.78, 5) is 16.1. The molecule has 0 radical (unpaired) electrons. The van der Waals surface area contributed by atoms with Crippen molar-refractivity contribution in [1.82, 2.24) is 10.3 Å². The third kappa shape index (κ3) is 4.22. The summed E-state index contributed by atoms with van der Waals surface area (Å²) in [5, 5.41) is 15.6. The fraction of sp³-hybridized carbons (Fsp3) is 0.118. The minimum absolute atomic E-state index is 0.0173. The highest BCUT2D eigenvalue weighted by Gasteiger charge is 2.34. The number of nitrogens with zero attached hydrogens (tertiary/aromatic N) is 2. The SMILES string of the molecule is O=C(NCc1cccc[n+]1[O-])c1csc(-c2ccc(C(F)(F)F)c(F)c2)n1. The van der Waals surface area contributed by atoms with E-state index in [-0.39, 0.29) is 22.8 Å². The number of nitrogens with one attached hydrogen (secondary N) is 1. The minimum atomic E-state index is -4.79. The van der Waals surface area contributed by atoms with Gasteiger partial charge in [0.1, 0.15) is 23.1 Å². The zero-order chi connectivity index (χ0) is 19.6. The maximum Gasteiger partial charge on any atom is 0.419 e. The topological polar surface area (TPSA) is 68.9 Å². The summed E-state index contributed by atoms with van der Waals surface area (Å²) >= 11 is 0.991. The third-order valence-corrected chi connectivity index (χ3v) is 4.48. The van der Waals surface area contributed by atoms with Crippen LogP contribution >= 0.6 is 11.3 Å². The molecule has 2 aromatic heterocycles. The molecule has 0 atom stereocenters. The summed E-state index contributed by atoms with van der Waals surface area (Å²) in [6.07, 6.45) is -3.49. The van der Waals surface area contributed by atoms with E-state index >= 15 is 0 Å². The molecule has 0 unspecified atom stereocenters. The van der Waals surface area contributed by atoms with Crippen molar-refractivity contribution in [3.05, 3.63) is 76.0 Å². The zero-order valence-corrected chi connectivity index (χ0v) is 14.3. The first-order valence-corrected chi connectivity index (χ1v) is 8.41. The Morgan fingerprint density at radius 2 is 2.04 bits per heavy atom. The second-order valence-electron chi connectivity index (χ2n) is 5.43. The van der Waals surface area contributed by atoms with Gasteiger partial charge >= 0.3 is 6.18 Å². The Bertz CT molecular complexity index is 988. The highest BCUT2D eigenvalue weighted by molar-refractivity contribution is 7.13. The fourth-order valence-corrected chi connectivity index (χ4v) is 3.05. The van der Waals surface area contributed by atoms with E-state index in [1.807, 2.05) is 0 Å². The average molecular weight is 397 g/mol. The van der Waals surface area contributed by atoms with E-state index in [0.717, 1.165) is 23.5 Å². The van der Waals surface area contributed by atoms with E-state index in [4.69, 9.17) is 0 Å². The molecule has 27 heavy (non-hydrogen) atoms. The molecular formula is C17H11F4N3O2S. The maximum absolute atomic E-state index is 13.7. The molecular weight excluding hydrogens is 386 g/mol. The summed E-state index contributed by atoms with van der Waals surface area (Å²) in [6, 6.07) is 7.20. The molecule has 3 aromatic rings. The molecule has 140 valence electrons. The summed E-state index contributed by atoms with van der Waals surface area (Å²) < 4.78 is 52.1. The number of benzene rings is 1. The van der Waals surface area contributed by atoms with Crippen molar-refractivity contribution in [2.75, 3.05) is 0 Å². The number of alkyl halides is 3. The molecule has 0 bridgehead atoms. The molecule has 0 fully saturated rings. The smallest absolute Gasteiger partial charge is 0.419 e. The van der Waals surface area contributed by atoms with Crippen molar-refractivity contribution in [2.45, 2.75) is 12.7 Å². The summed E-state index contributed by atoms with van der Waals surface area (Å²) in [7, 11) is 0. The van der Waals surface area contributed by atoms with Crippen LogP contribution in [0.1, 0.15) is 21.7 Å². The van der Waals surface area contributed by atoms with Gasteiger partial charge in [0.15, 0.2) is 6.20 Å². The summed E-state index contributed by atoms with van der Waals surface area (Å²) in [5.74, 6) is -1.97. The molecule has 0 aliphatic carbocycles.